The van der Waals surface area contributed by atoms with E-state index < -0.39 is 0 Å². The van der Waals surface area contributed by atoms with Gasteiger partial charge in [-0.1, -0.05) is 25.1 Å². The molecule has 20 heavy (non-hydrogen) atoms. The molecule has 1 aliphatic heterocycles. The second kappa shape index (κ2) is 6.97. The molecule has 1 atom stereocenters. The fraction of sp³-hybridized carbons (Fsp3) is 0.467. The van der Waals surface area contributed by atoms with Crippen LogP contribution in [0.3, 0.4) is 0 Å². The van der Waals surface area contributed by atoms with E-state index in [1.54, 1.807) is 18.3 Å². The van der Waals surface area contributed by atoms with Gasteiger partial charge in [0.1, 0.15) is 5.69 Å². The molecule has 1 saturated heterocycles. The van der Waals surface area contributed by atoms with Crippen LogP contribution in [0, 0.1) is 5.92 Å². The van der Waals surface area contributed by atoms with E-state index in [2.05, 4.69) is 16.5 Å². The molecule has 0 N–H and O–H groups in total. The van der Waals surface area contributed by atoms with Crippen molar-refractivity contribution in [1.82, 2.24) is 9.88 Å². The minimum absolute atomic E-state index is 0.00823. The van der Waals surface area contributed by atoms with Gasteiger partial charge in [-0.2, -0.15) is 0 Å². The highest BCUT2D eigenvalue weighted by atomic mass is 35.5. The minimum atomic E-state index is -0.127. The summed E-state index contributed by atoms with van der Waals surface area (Å²) in [4.78, 5) is 18.9. The molecular weight excluding hydrogens is 276 g/mol. The van der Waals surface area contributed by atoms with Crippen LogP contribution < -0.4 is 0 Å². The van der Waals surface area contributed by atoms with Gasteiger partial charge >= 0.3 is 0 Å². The van der Waals surface area contributed by atoms with Gasteiger partial charge in [0.05, 0.1) is 13.2 Å². The molecule has 0 spiro atoms. The van der Waals surface area contributed by atoms with E-state index in [9.17, 15) is 4.79 Å². The number of carbonyl (C=O) groups excluding carboxylic acids is 1. The zero-order valence-electron chi connectivity index (χ0n) is 11.6. The Morgan fingerprint density at radius 3 is 2.90 bits per heavy atom. The molecular formula is C15H19ClN2O2. The van der Waals surface area contributed by atoms with Gasteiger partial charge < -0.3 is 4.74 Å². The van der Waals surface area contributed by atoms with Gasteiger partial charge in [0.2, 0.25) is 0 Å². The maximum Gasteiger partial charge on any atom is 0.185 e. The van der Waals surface area contributed by atoms with Gasteiger partial charge in [0, 0.05) is 42.3 Å². The molecule has 2 heterocycles. The number of ketones is 1. The molecule has 1 aliphatic rings. The first kappa shape index (κ1) is 15.2. The number of carbonyl (C=O) groups is 1. The molecule has 0 amide bonds. The van der Waals surface area contributed by atoms with Crippen molar-refractivity contribution in [3.63, 3.8) is 0 Å². The Morgan fingerprint density at radius 1 is 1.55 bits per heavy atom. The largest absolute Gasteiger partial charge is 0.379 e. The first-order chi connectivity index (χ1) is 9.59. The Balaban J connectivity index is 2.08. The zero-order chi connectivity index (χ0) is 14.5. The summed E-state index contributed by atoms with van der Waals surface area (Å²) in [5.74, 6) is -0.119. The number of morpholine rings is 1. The smallest absolute Gasteiger partial charge is 0.185 e. The summed E-state index contributed by atoms with van der Waals surface area (Å²) in [6.45, 7) is 9.53. The fourth-order valence-electron chi connectivity index (χ4n) is 2.31. The third-order valence-corrected chi connectivity index (χ3v) is 3.62. The van der Waals surface area contributed by atoms with Crippen LogP contribution in [-0.4, -0.2) is 48.5 Å². The van der Waals surface area contributed by atoms with E-state index in [1.165, 1.54) is 0 Å². The standard InChI is InChI=1S/C15H19ClN2O2/c1-11(10-18-6-8-20-9-7-18)15(19)14-13(12(2)16)4-3-5-17-14/h3-5,11H,2,6-10H2,1H3. The van der Waals surface area contributed by atoms with Crippen LogP contribution in [0.2, 0.25) is 0 Å². The Hall–Kier alpha value is -1.23. The molecule has 1 aromatic rings. The summed E-state index contributed by atoms with van der Waals surface area (Å²) in [5.41, 5.74) is 1.03. The van der Waals surface area contributed by atoms with E-state index >= 15 is 0 Å². The normalized spacial score (nSPS) is 17.7. The van der Waals surface area contributed by atoms with Gasteiger partial charge in [-0.05, 0) is 12.1 Å². The lowest BCUT2D eigenvalue weighted by molar-refractivity contribution is 0.0312. The summed E-state index contributed by atoms with van der Waals surface area (Å²) >= 11 is 5.94. The van der Waals surface area contributed by atoms with E-state index in [-0.39, 0.29) is 11.7 Å². The zero-order valence-corrected chi connectivity index (χ0v) is 12.4. The van der Waals surface area contributed by atoms with Crippen LogP contribution in [0.25, 0.3) is 5.03 Å². The topological polar surface area (TPSA) is 42.4 Å². The lowest BCUT2D eigenvalue weighted by Gasteiger charge is -2.28. The fourth-order valence-corrected chi connectivity index (χ4v) is 2.46. The van der Waals surface area contributed by atoms with E-state index in [0.29, 0.717) is 22.8 Å². The summed E-state index contributed by atoms with van der Waals surface area (Å²) in [6.07, 6.45) is 1.61. The second-order valence-electron chi connectivity index (χ2n) is 4.98. The van der Waals surface area contributed by atoms with Gasteiger partial charge in [0.25, 0.3) is 0 Å². The highest BCUT2D eigenvalue weighted by Gasteiger charge is 2.23. The monoisotopic (exact) mass is 294 g/mol. The first-order valence-corrected chi connectivity index (χ1v) is 7.11. The molecule has 1 fully saturated rings. The maximum atomic E-state index is 12.5. The molecule has 0 aliphatic carbocycles. The van der Waals surface area contributed by atoms with Crippen LogP contribution in [0.1, 0.15) is 23.0 Å². The Bertz CT molecular complexity index is 498. The molecule has 2 rings (SSSR count). The van der Waals surface area contributed by atoms with E-state index in [4.69, 9.17) is 16.3 Å². The average Bonchev–Trinajstić information content (AvgIpc) is 2.47. The van der Waals surface area contributed by atoms with Crippen molar-refractivity contribution < 1.29 is 9.53 Å². The van der Waals surface area contributed by atoms with Crippen molar-refractivity contribution in [2.24, 2.45) is 5.92 Å². The number of hydrogen-bond acceptors (Lipinski definition) is 4. The first-order valence-electron chi connectivity index (χ1n) is 6.73. The van der Waals surface area contributed by atoms with Crippen LogP contribution in [0.5, 0.6) is 0 Å². The third-order valence-electron chi connectivity index (χ3n) is 3.42. The lowest BCUT2D eigenvalue weighted by Crippen LogP contribution is -2.40. The van der Waals surface area contributed by atoms with Crippen molar-refractivity contribution in [2.45, 2.75) is 6.92 Å². The van der Waals surface area contributed by atoms with E-state index in [1.807, 2.05) is 6.92 Å². The van der Waals surface area contributed by atoms with Crippen LogP contribution in [0.4, 0.5) is 0 Å². The quantitative estimate of drug-likeness (QED) is 0.782. The summed E-state index contributed by atoms with van der Waals surface area (Å²) in [5, 5.41) is 0.347. The minimum Gasteiger partial charge on any atom is -0.379 e. The molecule has 108 valence electrons. The number of aromatic nitrogens is 1. The highest BCUT2D eigenvalue weighted by Crippen LogP contribution is 2.22. The molecule has 5 heteroatoms. The van der Waals surface area contributed by atoms with Crippen molar-refractivity contribution in [1.29, 1.82) is 0 Å². The predicted octanol–water partition coefficient (Wildman–Crippen LogP) is 2.44. The molecule has 4 nitrogen and oxygen atoms in total. The van der Waals surface area contributed by atoms with Gasteiger partial charge in [-0.15, -0.1) is 0 Å². The van der Waals surface area contributed by atoms with Gasteiger partial charge in [0.15, 0.2) is 5.78 Å². The van der Waals surface area contributed by atoms with Crippen molar-refractivity contribution in [3.05, 3.63) is 36.2 Å². The van der Waals surface area contributed by atoms with Gasteiger partial charge in [-0.3, -0.25) is 14.7 Å². The van der Waals surface area contributed by atoms with Gasteiger partial charge in [-0.25, -0.2) is 0 Å². The number of rotatable bonds is 5. The molecule has 1 unspecified atom stereocenters. The number of hydrogen-bond donors (Lipinski definition) is 0. The number of pyridine rings is 1. The molecule has 0 bridgehead atoms. The predicted molar refractivity (Wildman–Crippen MR) is 79.9 cm³/mol. The number of halogens is 1. The lowest BCUT2D eigenvalue weighted by atomic mass is 9.99. The second-order valence-corrected chi connectivity index (χ2v) is 5.44. The van der Waals surface area contributed by atoms with Crippen LogP contribution >= 0.6 is 11.6 Å². The van der Waals surface area contributed by atoms with Crippen LogP contribution in [0.15, 0.2) is 24.9 Å². The maximum absolute atomic E-state index is 12.5. The Morgan fingerprint density at radius 2 is 2.25 bits per heavy atom. The number of nitrogens with zero attached hydrogens (tertiary/aromatic N) is 2. The van der Waals surface area contributed by atoms with Crippen molar-refractivity contribution in [2.75, 3.05) is 32.8 Å². The highest BCUT2D eigenvalue weighted by molar-refractivity contribution is 6.48. The molecule has 0 saturated carbocycles. The molecule has 1 aromatic heterocycles. The number of Topliss-reactive ketones (excluding diaryl/α,β-unsaturated/α-hetero) is 1. The summed E-state index contributed by atoms with van der Waals surface area (Å²) < 4.78 is 5.31. The molecule has 0 aromatic carbocycles. The van der Waals surface area contributed by atoms with Crippen molar-refractivity contribution in [3.8, 4) is 0 Å². The van der Waals surface area contributed by atoms with Crippen molar-refractivity contribution >= 4 is 22.4 Å². The average molecular weight is 295 g/mol. The Labute approximate surface area is 124 Å². The van der Waals surface area contributed by atoms with Crippen LogP contribution in [-0.2, 0) is 4.74 Å². The third kappa shape index (κ3) is 3.66. The Kier molecular flexibility index (Phi) is 5.29. The summed E-state index contributed by atoms with van der Waals surface area (Å²) in [7, 11) is 0. The molecule has 0 radical (unpaired) electrons. The summed E-state index contributed by atoms with van der Waals surface area (Å²) in [6, 6.07) is 3.53. The van der Waals surface area contributed by atoms with E-state index in [0.717, 1.165) is 26.3 Å². The SMILES string of the molecule is C=C(Cl)c1cccnc1C(=O)C(C)CN1CCOCC1. The number of ether oxygens (including phenoxy) is 1.